The molecule has 0 aromatic heterocycles. The zero-order chi connectivity index (χ0) is 14.5. The van der Waals surface area contributed by atoms with Gasteiger partial charge >= 0.3 is 0 Å². The van der Waals surface area contributed by atoms with Crippen molar-refractivity contribution in [2.24, 2.45) is 0 Å². The summed E-state index contributed by atoms with van der Waals surface area (Å²) in [4.78, 5) is 10.6. The summed E-state index contributed by atoms with van der Waals surface area (Å²) in [5.74, 6) is 0. The minimum atomic E-state index is -0.392. The van der Waals surface area contributed by atoms with E-state index < -0.39 is 4.92 Å². The van der Waals surface area contributed by atoms with E-state index in [9.17, 15) is 10.1 Å². The molecule has 0 heterocycles. The van der Waals surface area contributed by atoms with Crippen molar-refractivity contribution in [2.75, 3.05) is 33.4 Å². The molecule has 0 radical (unpaired) electrons. The third-order valence-electron chi connectivity index (χ3n) is 3.26. The molecule has 0 bridgehead atoms. The highest BCUT2D eigenvalue weighted by molar-refractivity contribution is 5.42. The molecule has 6 nitrogen and oxygen atoms in total. The molecule has 106 valence electrons. The molecule has 0 saturated heterocycles. The van der Waals surface area contributed by atoms with E-state index in [-0.39, 0.29) is 18.9 Å². The van der Waals surface area contributed by atoms with E-state index in [1.165, 1.54) is 6.07 Å². The van der Waals surface area contributed by atoms with Gasteiger partial charge in [-0.15, -0.1) is 0 Å². The highest BCUT2D eigenvalue weighted by Crippen LogP contribution is 2.23. The van der Waals surface area contributed by atoms with Gasteiger partial charge in [0.15, 0.2) is 0 Å². The number of aryl methyl sites for hydroxylation is 1. The third-order valence-corrected chi connectivity index (χ3v) is 3.26. The standard InChI is InChI=1S/C13H21N2O4/c1-11-3-4-13(14(18)19)12(9-11)10-15(2,5-7-16)6-8-17/h3-4,9,16-17H,5-8,10H2,1-2H3/q+1. The second kappa shape index (κ2) is 6.60. The van der Waals surface area contributed by atoms with Crippen molar-refractivity contribution in [3.8, 4) is 0 Å². The lowest BCUT2D eigenvalue weighted by atomic mass is 10.1. The van der Waals surface area contributed by atoms with E-state index in [0.717, 1.165) is 5.56 Å². The maximum Gasteiger partial charge on any atom is 0.278 e. The van der Waals surface area contributed by atoms with Gasteiger partial charge in [-0.1, -0.05) is 11.6 Å². The largest absolute Gasteiger partial charge is 0.391 e. The number of rotatable bonds is 7. The molecular formula is C13H21N2O4+. The number of likely N-dealkylation sites (N-methyl/N-ethyl adjacent to an activating group) is 1. The third kappa shape index (κ3) is 4.27. The van der Waals surface area contributed by atoms with Crippen LogP contribution in [0, 0.1) is 17.0 Å². The van der Waals surface area contributed by atoms with Gasteiger partial charge in [-0.3, -0.25) is 10.1 Å². The van der Waals surface area contributed by atoms with Crippen LogP contribution in [0.3, 0.4) is 0 Å². The average molecular weight is 269 g/mol. The van der Waals surface area contributed by atoms with Gasteiger partial charge in [0, 0.05) is 6.07 Å². The first-order valence-electron chi connectivity index (χ1n) is 6.21. The number of aliphatic hydroxyl groups is 2. The smallest absolute Gasteiger partial charge is 0.278 e. The van der Waals surface area contributed by atoms with Gasteiger partial charge in [0.05, 0.1) is 30.7 Å². The Kier molecular flexibility index (Phi) is 5.41. The SMILES string of the molecule is Cc1ccc([N+](=O)[O-])c(C[N+](C)(CCO)CCO)c1. The van der Waals surface area contributed by atoms with Crippen molar-refractivity contribution >= 4 is 5.69 Å². The molecule has 0 amide bonds. The summed E-state index contributed by atoms with van der Waals surface area (Å²) in [6.07, 6.45) is 0. The Morgan fingerprint density at radius 3 is 2.32 bits per heavy atom. The minimum absolute atomic E-state index is 0.0177. The summed E-state index contributed by atoms with van der Waals surface area (Å²) >= 11 is 0. The normalized spacial score (nSPS) is 11.6. The minimum Gasteiger partial charge on any atom is -0.391 e. The topological polar surface area (TPSA) is 83.6 Å². The van der Waals surface area contributed by atoms with Crippen molar-refractivity contribution in [1.29, 1.82) is 0 Å². The van der Waals surface area contributed by atoms with Crippen LogP contribution in [0.1, 0.15) is 11.1 Å². The quantitative estimate of drug-likeness (QED) is 0.436. The number of hydrogen-bond acceptors (Lipinski definition) is 4. The summed E-state index contributed by atoms with van der Waals surface area (Å²) in [6.45, 7) is 3.16. The maximum absolute atomic E-state index is 11.0. The van der Waals surface area contributed by atoms with Crippen molar-refractivity contribution in [2.45, 2.75) is 13.5 Å². The molecule has 0 atom stereocenters. The van der Waals surface area contributed by atoms with Crippen LogP contribution in [-0.4, -0.2) is 53.0 Å². The first-order chi connectivity index (χ1) is 8.91. The van der Waals surface area contributed by atoms with Gasteiger partial charge in [-0.05, 0) is 13.0 Å². The number of aliphatic hydroxyl groups excluding tert-OH is 2. The number of quaternary nitrogens is 1. The van der Waals surface area contributed by atoms with Crippen molar-refractivity contribution < 1.29 is 19.6 Å². The maximum atomic E-state index is 11.0. The first-order valence-corrected chi connectivity index (χ1v) is 6.21. The van der Waals surface area contributed by atoms with Crippen molar-refractivity contribution in [3.63, 3.8) is 0 Å². The highest BCUT2D eigenvalue weighted by atomic mass is 16.6. The number of benzene rings is 1. The van der Waals surface area contributed by atoms with Gasteiger partial charge in [-0.2, -0.15) is 0 Å². The van der Waals surface area contributed by atoms with E-state index in [2.05, 4.69) is 0 Å². The second-order valence-corrected chi connectivity index (χ2v) is 5.06. The molecule has 1 rings (SSSR count). The molecule has 0 unspecified atom stereocenters. The molecule has 0 aliphatic rings. The molecule has 6 heteroatoms. The van der Waals surface area contributed by atoms with Crippen LogP contribution in [0.25, 0.3) is 0 Å². The Hall–Kier alpha value is -1.50. The number of hydrogen-bond donors (Lipinski definition) is 2. The fourth-order valence-electron chi connectivity index (χ4n) is 2.18. The lowest BCUT2D eigenvalue weighted by Gasteiger charge is -2.33. The molecule has 19 heavy (non-hydrogen) atoms. The van der Waals surface area contributed by atoms with Crippen molar-refractivity contribution in [1.82, 2.24) is 0 Å². The lowest BCUT2D eigenvalue weighted by molar-refractivity contribution is -0.923. The Morgan fingerprint density at radius 1 is 1.26 bits per heavy atom. The summed E-state index contributed by atoms with van der Waals surface area (Å²) in [6, 6.07) is 5.01. The predicted molar refractivity (Wildman–Crippen MR) is 71.6 cm³/mol. The average Bonchev–Trinajstić information content (AvgIpc) is 2.28. The van der Waals surface area contributed by atoms with Crippen LogP contribution < -0.4 is 0 Å². The van der Waals surface area contributed by atoms with E-state index >= 15 is 0 Å². The number of nitro benzene ring substituents is 1. The number of nitro groups is 1. The Balaban J connectivity index is 3.07. The molecule has 2 N–H and O–H groups in total. The van der Waals surface area contributed by atoms with Crippen LogP contribution in [0.5, 0.6) is 0 Å². The van der Waals surface area contributed by atoms with E-state index in [4.69, 9.17) is 10.2 Å². The molecular weight excluding hydrogens is 248 g/mol. The zero-order valence-corrected chi connectivity index (χ0v) is 11.4. The molecule has 1 aromatic carbocycles. The lowest BCUT2D eigenvalue weighted by Crippen LogP contribution is -2.47. The fourth-order valence-corrected chi connectivity index (χ4v) is 2.18. The van der Waals surface area contributed by atoms with Crippen LogP contribution >= 0.6 is 0 Å². The monoisotopic (exact) mass is 269 g/mol. The highest BCUT2D eigenvalue weighted by Gasteiger charge is 2.25. The summed E-state index contributed by atoms with van der Waals surface area (Å²) in [7, 11) is 1.87. The van der Waals surface area contributed by atoms with Gasteiger partial charge in [-0.25, -0.2) is 0 Å². The Bertz CT molecular complexity index is 442. The predicted octanol–water partition coefficient (Wildman–Crippen LogP) is 0.834. The van der Waals surface area contributed by atoms with E-state index in [1.807, 2.05) is 14.0 Å². The Labute approximate surface area is 112 Å². The van der Waals surface area contributed by atoms with Gasteiger partial charge < -0.3 is 14.7 Å². The second-order valence-electron chi connectivity index (χ2n) is 5.06. The summed E-state index contributed by atoms with van der Waals surface area (Å²) in [5, 5.41) is 29.3. The van der Waals surface area contributed by atoms with Crippen LogP contribution in [-0.2, 0) is 6.54 Å². The van der Waals surface area contributed by atoms with Crippen molar-refractivity contribution in [3.05, 3.63) is 39.4 Å². The molecule has 1 aromatic rings. The molecule has 0 aliphatic heterocycles. The summed E-state index contributed by atoms with van der Waals surface area (Å²) in [5.41, 5.74) is 1.68. The number of nitrogens with zero attached hydrogens (tertiary/aromatic N) is 2. The van der Waals surface area contributed by atoms with Gasteiger partial charge in [0.2, 0.25) is 0 Å². The van der Waals surface area contributed by atoms with E-state index in [1.54, 1.807) is 12.1 Å². The Morgan fingerprint density at radius 2 is 1.84 bits per heavy atom. The molecule has 0 aliphatic carbocycles. The molecule has 0 spiro atoms. The van der Waals surface area contributed by atoms with E-state index in [0.29, 0.717) is 29.7 Å². The van der Waals surface area contributed by atoms with Gasteiger partial charge in [0.1, 0.15) is 19.6 Å². The molecule has 0 fully saturated rings. The summed E-state index contributed by atoms with van der Waals surface area (Å²) < 4.78 is 0.372. The first kappa shape index (κ1) is 15.6. The fraction of sp³-hybridized carbons (Fsp3) is 0.538. The zero-order valence-electron chi connectivity index (χ0n) is 11.4. The molecule has 0 saturated carbocycles. The van der Waals surface area contributed by atoms with Crippen LogP contribution in [0.15, 0.2) is 18.2 Å². The van der Waals surface area contributed by atoms with Gasteiger partial charge in [0.25, 0.3) is 5.69 Å². The van der Waals surface area contributed by atoms with Crippen LogP contribution in [0.2, 0.25) is 0 Å². The van der Waals surface area contributed by atoms with Crippen LogP contribution in [0.4, 0.5) is 5.69 Å².